The van der Waals surface area contributed by atoms with E-state index in [0.29, 0.717) is 0 Å². The van der Waals surface area contributed by atoms with Crippen molar-refractivity contribution in [2.75, 3.05) is 7.05 Å². The zero-order valence-electron chi connectivity index (χ0n) is 3.50. The van der Waals surface area contributed by atoms with E-state index in [-0.39, 0.29) is 0 Å². The summed E-state index contributed by atoms with van der Waals surface area (Å²) in [5.74, 6) is 0. The molecule has 0 aromatic carbocycles. The smallest absolute Gasteiger partial charge is 0.125 e. The second-order valence-electron chi connectivity index (χ2n) is 0.837. The third kappa shape index (κ3) is 2.98. The highest BCUT2D eigenvalue weighted by molar-refractivity contribution is 5.13. The van der Waals surface area contributed by atoms with E-state index >= 15 is 0 Å². The first-order valence-electron chi connectivity index (χ1n) is 1.36. The lowest BCUT2D eigenvalue weighted by molar-refractivity contribution is -0.496. The topological polar surface area (TPSA) is 51.8 Å². The van der Waals surface area contributed by atoms with Crippen LogP contribution in [0.2, 0.25) is 0 Å². The van der Waals surface area contributed by atoms with E-state index in [1.807, 2.05) is 0 Å². The Hall–Kier alpha value is -1.02. The second-order valence-corrected chi connectivity index (χ2v) is 0.837. The molecule has 0 aliphatic carbocycles. The summed E-state index contributed by atoms with van der Waals surface area (Å²) in [6, 6.07) is 0. The van der Waals surface area contributed by atoms with Gasteiger partial charge in [-0.1, -0.05) is 0 Å². The van der Waals surface area contributed by atoms with Gasteiger partial charge in [-0.2, -0.15) is 0 Å². The fourth-order valence-corrected chi connectivity index (χ4v) is 0.0683. The predicted octanol–water partition coefficient (Wildman–Crippen LogP) is 0.555. The summed E-state index contributed by atoms with van der Waals surface area (Å²) < 4.78 is 1.14. The van der Waals surface area contributed by atoms with Gasteiger partial charge < -0.3 is 0 Å². The summed E-state index contributed by atoms with van der Waals surface area (Å²) in [6.45, 7) is 3.24. The van der Waals surface area contributed by atoms with Crippen LogP contribution in [0.3, 0.4) is 0 Å². The van der Waals surface area contributed by atoms with Gasteiger partial charge >= 0.3 is 0 Å². The molecule has 0 amide bonds. The Kier molecular flexibility index (Phi) is 1.85. The summed E-state index contributed by atoms with van der Waals surface area (Å²) in [7, 11) is 1.56. The van der Waals surface area contributed by atoms with Gasteiger partial charge in [0.05, 0.1) is 4.91 Å². The molecule has 0 saturated heterocycles. The van der Waals surface area contributed by atoms with Crippen LogP contribution in [-0.4, -0.2) is 18.4 Å². The van der Waals surface area contributed by atoms with Gasteiger partial charge in [-0.3, -0.25) is 0 Å². The summed E-state index contributed by atoms with van der Waals surface area (Å²) in [6.07, 6.45) is 0. The standard InChI is InChI=1S/C2H5N4/c1-6(2)5-4-3/h1H2,2H3/q+1. The Morgan fingerprint density at radius 2 is 2.50 bits per heavy atom. The molecule has 0 unspecified atom stereocenters. The van der Waals surface area contributed by atoms with E-state index in [0.717, 1.165) is 4.68 Å². The van der Waals surface area contributed by atoms with Crippen LogP contribution in [0.1, 0.15) is 0 Å². The van der Waals surface area contributed by atoms with Gasteiger partial charge in [0, 0.05) is 5.53 Å². The SMILES string of the molecule is C=[N+](C)N=[N+]=[N-]. The number of azide groups is 1. The fourth-order valence-electron chi connectivity index (χ4n) is 0.0683. The molecule has 6 heavy (non-hydrogen) atoms. The van der Waals surface area contributed by atoms with Gasteiger partial charge in [0.25, 0.3) is 0 Å². The molecule has 0 saturated carbocycles. The van der Waals surface area contributed by atoms with Crippen molar-refractivity contribution in [1.29, 1.82) is 0 Å². The molecular formula is C2H5N4+. The Morgan fingerprint density at radius 1 is 2.00 bits per heavy atom. The Morgan fingerprint density at radius 3 is 2.50 bits per heavy atom. The molecule has 0 N–H and O–H groups in total. The molecule has 4 nitrogen and oxygen atoms in total. The van der Waals surface area contributed by atoms with E-state index in [1.165, 1.54) is 0 Å². The van der Waals surface area contributed by atoms with Gasteiger partial charge in [-0.15, -0.1) is 4.68 Å². The van der Waals surface area contributed by atoms with Gasteiger partial charge in [0.2, 0.25) is 0 Å². The maximum Gasteiger partial charge on any atom is 0.196 e. The van der Waals surface area contributed by atoms with Crippen LogP contribution in [0.25, 0.3) is 10.4 Å². The largest absolute Gasteiger partial charge is 0.196 e. The quantitative estimate of drug-likeness (QED) is 0.111. The van der Waals surface area contributed by atoms with Crippen LogP contribution >= 0.6 is 0 Å². The van der Waals surface area contributed by atoms with Crippen LogP contribution in [0.4, 0.5) is 0 Å². The minimum Gasteiger partial charge on any atom is -0.125 e. The van der Waals surface area contributed by atoms with Gasteiger partial charge in [0.1, 0.15) is 6.72 Å². The summed E-state index contributed by atoms with van der Waals surface area (Å²) >= 11 is 0. The first-order chi connectivity index (χ1) is 2.77. The zero-order valence-corrected chi connectivity index (χ0v) is 3.50. The number of hydrogen-bond acceptors (Lipinski definition) is 1. The lowest BCUT2D eigenvalue weighted by atomic mass is 11.3. The molecule has 0 fully saturated rings. The molecule has 0 aliphatic heterocycles. The number of nitrogens with zero attached hydrogens (tertiary/aromatic N) is 4. The molecule has 0 radical (unpaired) electrons. The molecule has 0 heterocycles. The minimum atomic E-state index is 1.14. The minimum absolute atomic E-state index is 1.14. The van der Waals surface area contributed by atoms with E-state index in [1.54, 1.807) is 7.05 Å². The van der Waals surface area contributed by atoms with Crippen molar-refractivity contribution in [1.82, 2.24) is 0 Å². The maximum atomic E-state index is 7.61. The molecule has 0 bridgehead atoms. The van der Waals surface area contributed by atoms with Crippen LogP contribution in [-0.2, 0) is 0 Å². The highest BCUT2D eigenvalue weighted by Gasteiger charge is 1.71. The third-order valence-electron chi connectivity index (χ3n) is 0.193. The summed E-state index contributed by atoms with van der Waals surface area (Å²) in [5.41, 5.74) is 7.61. The van der Waals surface area contributed by atoms with E-state index in [4.69, 9.17) is 5.53 Å². The molecular weight excluding hydrogens is 80.0 g/mol. The summed E-state index contributed by atoms with van der Waals surface area (Å²) in [5, 5.41) is 3.03. The van der Waals surface area contributed by atoms with Crippen molar-refractivity contribution in [2.45, 2.75) is 0 Å². The molecule has 0 atom stereocenters. The Labute approximate surface area is 35.3 Å². The van der Waals surface area contributed by atoms with Crippen molar-refractivity contribution < 1.29 is 4.68 Å². The Bertz CT molecular complexity index is 98.1. The normalized spacial score (nSPS) is 6.17. The van der Waals surface area contributed by atoms with Crippen LogP contribution in [0.15, 0.2) is 5.22 Å². The third-order valence-corrected chi connectivity index (χ3v) is 0.193. The molecule has 0 aliphatic rings. The number of rotatable bonds is 1. The predicted molar refractivity (Wildman–Crippen MR) is 22.5 cm³/mol. The fraction of sp³-hybridized carbons (Fsp3) is 0.500. The van der Waals surface area contributed by atoms with E-state index in [9.17, 15) is 0 Å². The van der Waals surface area contributed by atoms with Crippen molar-refractivity contribution in [3.8, 4) is 0 Å². The van der Waals surface area contributed by atoms with Crippen LogP contribution in [0, 0.1) is 0 Å². The first-order valence-corrected chi connectivity index (χ1v) is 1.36. The summed E-state index contributed by atoms with van der Waals surface area (Å²) in [4.78, 5) is 2.42. The lowest BCUT2D eigenvalue weighted by Gasteiger charge is -1.64. The molecule has 32 valence electrons. The highest BCUT2D eigenvalue weighted by atomic mass is 15.5. The molecule has 0 aromatic heterocycles. The van der Waals surface area contributed by atoms with E-state index in [2.05, 4.69) is 16.9 Å². The zero-order chi connectivity index (χ0) is 4.99. The lowest BCUT2D eigenvalue weighted by Crippen LogP contribution is -1.84. The molecule has 0 spiro atoms. The maximum absolute atomic E-state index is 7.61. The van der Waals surface area contributed by atoms with Gasteiger partial charge in [0.15, 0.2) is 12.3 Å². The van der Waals surface area contributed by atoms with Gasteiger partial charge in [-0.25, -0.2) is 0 Å². The average Bonchev–Trinajstić information content (AvgIpc) is 1.35. The van der Waals surface area contributed by atoms with Crippen LogP contribution < -0.4 is 0 Å². The van der Waals surface area contributed by atoms with Crippen molar-refractivity contribution in [3.63, 3.8) is 0 Å². The highest BCUT2D eigenvalue weighted by Crippen LogP contribution is 1.61. The average molecular weight is 85.1 g/mol. The molecule has 0 rings (SSSR count). The Balaban J connectivity index is 3.60. The van der Waals surface area contributed by atoms with Crippen LogP contribution in [0.5, 0.6) is 0 Å². The monoisotopic (exact) mass is 85.1 g/mol. The van der Waals surface area contributed by atoms with Crippen molar-refractivity contribution >= 4 is 6.72 Å². The van der Waals surface area contributed by atoms with Crippen molar-refractivity contribution in [2.24, 2.45) is 5.22 Å². The first kappa shape index (κ1) is 4.98. The van der Waals surface area contributed by atoms with Gasteiger partial charge in [-0.05, 0) is 0 Å². The van der Waals surface area contributed by atoms with E-state index < -0.39 is 0 Å². The molecule has 0 aromatic rings. The second kappa shape index (κ2) is 2.23. The molecule has 4 heteroatoms. The van der Waals surface area contributed by atoms with Crippen molar-refractivity contribution in [3.05, 3.63) is 10.4 Å². The number of hydrogen-bond donors (Lipinski definition) is 0.